The molecule has 0 spiro atoms. The second-order valence-corrected chi connectivity index (χ2v) is 7.46. The van der Waals surface area contributed by atoms with Gasteiger partial charge in [0.25, 0.3) is 5.91 Å². The van der Waals surface area contributed by atoms with E-state index in [4.69, 9.17) is 10.5 Å². The van der Waals surface area contributed by atoms with E-state index in [-0.39, 0.29) is 5.91 Å². The molecule has 29 heavy (non-hydrogen) atoms. The normalized spacial score (nSPS) is 14.1. The van der Waals surface area contributed by atoms with E-state index in [0.29, 0.717) is 36.0 Å². The fourth-order valence-electron chi connectivity index (χ4n) is 3.46. The van der Waals surface area contributed by atoms with E-state index in [1.165, 1.54) is 0 Å². The molecule has 0 unspecified atom stereocenters. The summed E-state index contributed by atoms with van der Waals surface area (Å²) in [6, 6.07) is 11.7. The van der Waals surface area contributed by atoms with Crippen molar-refractivity contribution in [2.45, 2.75) is 6.92 Å². The maximum absolute atomic E-state index is 13.0. The number of aromatic nitrogens is 2. The van der Waals surface area contributed by atoms with Crippen LogP contribution in [0, 0.1) is 0 Å². The molecular weight excluding hydrogens is 386 g/mol. The number of anilines is 2. The molecule has 0 radical (unpaired) electrons. The van der Waals surface area contributed by atoms with E-state index < -0.39 is 0 Å². The molecule has 1 saturated heterocycles. The third-order valence-corrected chi connectivity index (χ3v) is 5.80. The summed E-state index contributed by atoms with van der Waals surface area (Å²) >= 11 is 1.16. The van der Waals surface area contributed by atoms with Crippen LogP contribution in [0.1, 0.15) is 16.6 Å². The van der Waals surface area contributed by atoms with Crippen LogP contribution in [0.25, 0.3) is 11.3 Å². The van der Waals surface area contributed by atoms with Crippen LogP contribution < -0.4 is 15.4 Å². The molecule has 7 nitrogen and oxygen atoms in total. The van der Waals surface area contributed by atoms with Gasteiger partial charge in [0.05, 0.1) is 18.0 Å². The highest BCUT2D eigenvalue weighted by Gasteiger charge is 2.27. The van der Waals surface area contributed by atoms with Gasteiger partial charge in [-0.1, -0.05) is 12.1 Å². The maximum atomic E-state index is 13.0. The lowest BCUT2D eigenvalue weighted by Crippen LogP contribution is -2.48. The predicted octanol–water partition coefficient (Wildman–Crippen LogP) is 3.15. The first-order valence-electron chi connectivity index (χ1n) is 9.60. The van der Waals surface area contributed by atoms with Crippen LogP contribution >= 0.6 is 11.5 Å². The van der Waals surface area contributed by atoms with Crippen LogP contribution in [0.2, 0.25) is 0 Å². The van der Waals surface area contributed by atoms with Gasteiger partial charge in [0.2, 0.25) is 0 Å². The van der Waals surface area contributed by atoms with Gasteiger partial charge in [0, 0.05) is 44.1 Å². The lowest BCUT2D eigenvalue weighted by atomic mass is 10.1. The molecule has 1 fully saturated rings. The summed E-state index contributed by atoms with van der Waals surface area (Å²) in [6.07, 6.45) is 3.38. The standard InChI is InChI=1S/C21H23N5O2S/c1-2-28-17-6-4-3-5-16(17)25-11-13-26(14-12-25)21(27)20-18(22)19(24-29-20)15-7-9-23-10-8-15/h3-10H,2,11-14,22H2,1H3. The molecule has 0 saturated carbocycles. The molecule has 4 rings (SSSR count). The second-order valence-electron chi connectivity index (χ2n) is 6.69. The highest BCUT2D eigenvalue weighted by atomic mass is 32.1. The number of nitrogen functional groups attached to an aromatic ring is 1. The van der Waals surface area contributed by atoms with Crippen LogP contribution in [0.15, 0.2) is 48.8 Å². The minimum Gasteiger partial charge on any atom is -0.492 e. The van der Waals surface area contributed by atoms with Crippen molar-refractivity contribution in [1.82, 2.24) is 14.3 Å². The monoisotopic (exact) mass is 409 g/mol. The number of piperazine rings is 1. The number of benzene rings is 1. The van der Waals surface area contributed by atoms with E-state index >= 15 is 0 Å². The highest BCUT2D eigenvalue weighted by molar-refractivity contribution is 7.09. The number of hydrogen-bond acceptors (Lipinski definition) is 7. The zero-order chi connectivity index (χ0) is 20.2. The molecule has 1 amide bonds. The Bertz CT molecular complexity index is 984. The number of para-hydroxylation sites is 2. The van der Waals surface area contributed by atoms with Crippen molar-refractivity contribution in [2.24, 2.45) is 0 Å². The van der Waals surface area contributed by atoms with Gasteiger partial charge < -0.3 is 20.3 Å². The molecule has 0 aliphatic carbocycles. The summed E-state index contributed by atoms with van der Waals surface area (Å²) in [7, 11) is 0. The van der Waals surface area contributed by atoms with Gasteiger partial charge in [-0.15, -0.1) is 0 Å². The summed E-state index contributed by atoms with van der Waals surface area (Å²) < 4.78 is 10.2. The molecule has 1 aliphatic heterocycles. The Morgan fingerprint density at radius 2 is 1.86 bits per heavy atom. The smallest absolute Gasteiger partial charge is 0.267 e. The SMILES string of the molecule is CCOc1ccccc1N1CCN(C(=O)c2snc(-c3ccncc3)c2N)CC1. The number of amides is 1. The summed E-state index contributed by atoms with van der Waals surface area (Å²) in [5.74, 6) is 0.821. The number of ether oxygens (including phenoxy) is 1. The number of pyridine rings is 1. The molecule has 3 heterocycles. The van der Waals surface area contributed by atoms with Crippen molar-refractivity contribution in [3.05, 3.63) is 53.7 Å². The molecule has 150 valence electrons. The second kappa shape index (κ2) is 8.48. The third-order valence-electron chi connectivity index (χ3n) is 4.95. The first kappa shape index (κ1) is 19.2. The Hall–Kier alpha value is -3.13. The zero-order valence-corrected chi connectivity index (χ0v) is 17.1. The number of nitrogens with zero attached hydrogens (tertiary/aromatic N) is 4. The molecule has 0 bridgehead atoms. The fraction of sp³-hybridized carbons (Fsp3) is 0.286. The van der Waals surface area contributed by atoms with Gasteiger partial charge >= 0.3 is 0 Å². The summed E-state index contributed by atoms with van der Waals surface area (Å²) in [6.45, 7) is 5.34. The third kappa shape index (κ3) is 3.88. The Morgan fingerprint density at radius 1 is 1.14 bits per heavy atom. The van der Waals surface area contributed by atoms with Crippen molar-refractivity contribution in [3.8, 4) is 17.0 Å². The minimum atomic E-state index is -0.0574. The number of carbonyl (C=O) groups excluding carboxylic acids is 1. The molecule has 8 heteroatoms. The summed E-state index contributed by atoms with van der Waals surface area (Å²) in [5, 5.41) is 0. The van der Waals surface area contributed by atoms with E-state index in [9.17, 15) is 4.79 Å². The van der Waals surface area contributed by atoms with E-state index in [1.807, 2.05) is 42.2 Å². The Labute approximate surface area is 173 Å². The quantitative estimate of drug-likeness (QED) is 0.697. The van der Waals surface area contributed by atoms with Crippen molar-refractivity contribution in [3.63, 3.8) is 0 Å². The van der Waals surface area contributed by atoms with Crippen molar-refractivity contribution in [1.29, 1.82) is 0 Å². The van der Waals surface area contributed by atoms with Crippen LogP contribution in [0.4, 0.5) is 11.4 Å². The fourth-order valence-corrected chi connectivity index (χ4v) is 4.25. The average Bonchev–Trinajstić information content (AvgIpc) is 3.16. The van der Waals surface area contributed by atoms with Gasteiger partial charge in [0.1, 0.15) is 16.3 Å². The van der Waals surface area contributed by atoms with E-state index in [0.717, 1.165) is 41.6 Å². The largest absolute Gasteiger partial charge is 0.492 e. The molecule has 0 atom stereocenters. The molecule has 3 aromatic rings. The average molecular weight is 410 g/mol. The number of hydrogen-bond donors (Lipinski definition) is 1. The Balaban J connectivity index is 1.46. The molecular formula is C21H23N5O2S. The number of carbonyl (C=O) groups is 1. The van der Waals surface area contributed by atoms with Crippen molar-refractivity contribution < 1.29 is 9.53 Å². The van der Waals surface area contributed by atoms with Gasteiger partial charge in [0.15, 0.2) is 0 Å². The lowest BCUT2D eigenvalue weighted by molar-refractivity contribution is 0.0752. The van der Waals surface area contributed by atoms with Crippen LogP contribution in [-0.4, -0.2) is 53.0 Å². The van der Waals surface area contributed by atoms with Gasteiger partial charge in [-0.2, -0.15) is 4.37 Å². The molecule has 2 N–H and O–H groups in total. The Morgan fingerprint density at radius 3 is 2.59 bits per heavy atom. The van der Waals surface area contributed by atoms with E-state index in [2.05, 4.69) is 20.3 Å². The van der Waals surface area contributed by atoms with Crippen LogP contribution in [0.5, 0.6) is 5.75 Å². The summed E-state index contributed by atoms with van der Waals surface area (Å²) in [5.41, 5.74) is 9.29. The molecule has 1 aromatic carbocycles. The van der Waals surface area contributed by atoms with Gasteiger partial charge in [-0.3, -0.25) is 9.78 Å². The first-order valence-corrected chi connectivity index (χ1v) is 10.4. The maximum Gasteiger partial charge on any atom is 0.267 e. The topological polar surface area (TPSA) is 84.6 Å². The van der Waals surface area contributed by atoms with E-state index in [1.54, 1.807) is 12.4 Å². The number of nitrogens with two attached hydrogens (primary N) is 1. The zero-order valence-electron chi connectivity index (χ0n) is 16.2. The molecule has 2 aromatic heterocycles. The lowest BCUT2D eigenvalue weighted by Gasteiger charge is -2.36. The van der Waals surface area contributed by atoms with Crippen LogP contribution in [0.3, 0.4) is 0 Å². The Kier molecular flexibility index (Phi) is 5.62. The van der Waals surface area contributed by atoms with Gasteiger partial charge in [-0.05, 0) is 42.7 Å². The van der Waals surface area contributed by atoms with Crippen LogP contribution in [-0.2, 0) is 0 Å². The molecule has 1 aliphatic rings. The van der Waals surface area contributed by atoms with Gasteiger partial charge in [-0.25, -0.2) is 0 Å². The predicted molar refractivity (Wildman–Crippen MR) is 115 cm³/mol. The number of rotatable bonds is 5. The highest BCUT2D eigenvalue weighted by Crippen LogP contribution is 2.32. The van der Waals surface area contributed by atoms with Crippen molar-refractivity contribution >= 4 is 28.8 Å². The summed E-state index contributed by atoms with van der Waals surface area (Å²) in [4.78, 5) is 21.7. The minimum absolute atomic E-state index is 0.0574. The first-order chi connectivity index (χ1) is 14.2. The van der Waals surface area contributed by atoms with Crippen molar-refractivity contribution in [2.75, 3.05) is 43.4 Å².